The van der Waals surface area contributed by atoms with Crippen molar-refractivity contribution in [1.82, 2.24) is 4.90 Å². The summed E-state index contributed by atoms with van der Waals surface area (Å²) in [4.78, 5) is 17.6. The van der Waals surface area contributed by atoms with Crippen molar-refractivity contribution in [2.45, 2.75) is 51.9 Å². The van der Waals surface area contributed by atoms with E-state index in [-0.39, 0.29) is 5.41 Å². The fourth-order valence-corrected chi connectivity index (χ4v) is 4.11. The van der Waals surface area contributed by atoms with Crippen LogP contribution in [0.5, 0.6) is 0 Å². The highest BCUT2D eigenvalue weighted by atomic mass is 16.2. The Morgan fingerprint density at radius 2 is 1.65 bits per heavy atom. The molecule has 3 rings (SSSR count). The molecule has 2 aliphatic heterocycles. The van der Waals surface area contributed by atoms with Crippen LogP contribution in [0.4, 0.5) is 5.69 Å². The van der Waals surface area contributed by atoms with Gasteiger partial charge in [-0.25, -0.2) is 0 Å². The standard InChI is InChI=1S/C20H30N2O/c1-2-3-4-8-14-21-15-11-20(12-16-21)13-17-22(19(20)23)18-9-6-5-7-10-18/h5-7,9-10H,2-4,8,11-17H2,1H3. The Bertz CT molecular complexity index is 506. The molecule has 0 saturated carbocycles. The van der Waals surface area contributed by atoms with Crippen molar-refractivity contribution in [3.05, 3.63) is 30.3 Å². The first-order valence-corrected chi connectivity index (χ1v) is 9.34. The van der Waals surface area contributed by atoms with Gasteiger partial charge in [0.2, 0.25) is 5.91 Å². The molecule has 126 valence electrons. The second kappa shape index (κ2) is 7.48. The summed E-state index contributed by atoms with van der Waals surface area (Å²) in [5, 5.41) is 0. The van der Waals surface area contributed by atoms with Gasteiger partial charge in [0, 0.05) is 12.2 Å². The van der Waals surface area contributed by atoms with Crippen molar-refractivity contribution in [3.63, 3.8) is 0 Å². The maximum atomic E-state index is 13.0. The average molecular weight is 314 g/mol. The van der Waals surface area contributed by atoms with Crippen molar-refractivity contribution >= 4 is 11.6 Å². The van der Waals surface area contributed by atoms with Gasteiger partial charge in [0.05, 0.1) is 5.41 Å². The third-order valence-electron chi connectivity index (χ3n) is 5.72. The number of carbonyl (C=O) groups excluding carboxylic acids is 1. The van der Waals surface area contributed by atoms with Crippen LogP contribution in [0.15, 0.2) is 30.3 Å². The van der Waals surface area contributed by atoms with E-state index >= 15 is 0 Å². The highest BCUT2D eigenvalue weighted by molar-refractivity contribution is 5.99. The second-order valence-corrected chi connectivity index (χ2v) is 7.22. The van der Waals surface area contributed by atoms with Crippen LogP contribution in [0.3, 0.4) is 0 Å². The number of unbranched alkanes of at least 4 members (excludes halogenated alkanes) is 3. The molecule has 2 heterocycles. The number of carbonyl (C=O) groups is 1. The monoisotopic (exact) mass is 314 g/mol. The lowest BCUT2D eigenvalue weighted by molar-refractivity contribution is -0.128. The van der Waals surface area contributed by atoms with Crippen LogP contribution in [0.2, 0.25) is 0 Å². The lowest BCUT2D eigenvalue weighted by Crippen LogP contribution is -2.45. The molecule has 3 heteroatoms. The summed E-state index contributed by atoms with van der Waals surface area (Å²) in [5.74, 6) is 0.370. The number of likely N-dealkylation sites (tertiary alicyclic amines) is 1. The largest absolute Gasteiger partial charge is 0.312 e. The summed E-state index contributed by atoms with van der Waals surface area (Å²) in [6.45, 7) is 6.56. The smallest absolute Gasteiger partial charge is 0.233 e. The summed E-state index contributed by atoms with van der Waals surface area (Å²) < 4.78 is 0. The third-order valence-corrected chi connectivity index (χ3v) is 5.72. The van der Waals surface area contributed by atoms with Gasteiger partial charge in [-0.3, -0.25) is 4.79 Å². The van der Waals surface area contributed by atoms with Gasteiger partial charge >= 0.3 is 0 Å². The Labute approximate surface area is 140 Å². The number of benzene rings is 1. The first-order chi connectivity index (χ1) is 11.2. The van der Waals surface area contributed by atoms with Gasteiger partial charge < -0.3 is 9.80 Å². The fourth-order valence-electron chi connectivity index (χ4n) is 4.11. The molecule has 23 heavy (non-hydrogen) atoms. The maximum Gasteiger partial charge on any atom is 0.233 e. The maximum absolute atomic E-state index is 13.0. The number of amides is 1. The van der Waals surface area contributed by atoms with E-state index in [1.807, 2.05) is 23.1 Å². The topological polar surface area (TPSA) is 23.6 Å². The molecule has 0 aliphatic carbocycles. The van der Waals surface area contributed by atoms with Crippen LogP contribution in [0.1, 0.15) is 51.9 Å². The van der Waals surface area contributed by atoms with Crippen LogP contribution >= 0.6 is 0 Å². The van der Waals surface area contributed by atoms with E-state index in [0.717, 1.165) is 44.6 Å². The summed E-state index contributed by atoms with van der Waals surface area (Å²) >= 11 is 0. The van der Waals surface area contributed by atoms with Crippen LogP contribution < -0.4 is 4.90 Å². The molecule has 2 fully saturated rings. The van der Waals surface area contributed by atoms with Crippen molar-refractivity contribution in [1.29, 1.82) is 0 Å². The molecule has 0 N–H and O–H groups in total. The van der Waals surface area contributed by atoms with E-state index in [0.29, 0.717) is 5.91 Å². The summed E-state index contributed by atoms with van der Waals surface area (Å²) in [5.41, 5.74) is 0.992. The first kappa shape index (κ1) is 16.5. The van der Waals surface area contributed by atoms with E-state index in [9.17, 15) is 4.79 Å². The number of para-hydroxylation sites is 1. The van der Waals surface area contributed by atoms with Gasteiger partial charge in [-0.1, -0.05) is 44.4 Å². The zero-order chi connectivity index (χ0) is 16.1. The quantitative estimate of drug-likeness (QED) is 0.739. The van der Waals surface area contributed by atoms with E-state index in [4.69, 9.17) is 0 Å². The van der Waals surface area contributed by atoms with E-state index in [2.05, 4.69) is 24.0 Å². The molecular weight excluding hydrogens is 284 g/mol. The van der Waals surface area contributed by atoms with Gasteiger partial charge in [0.1, 0.15) is 0 Å². The number of hydrogen-bond donors (Lipinski definition) is 0. The van der Waals surface area contributed by atoms with Crippen molar-refractivity contribution in [2.75, 3.05) is 31.1 Å². The zero-order valence-corrected chi connectivity index (χ0v) is 14.5. The van der Waals surface area contributed by atoms with Gasteiger partial charge in [0.15, 0.2) is 0 Å². The van der Waals surface area contributed by atoms with Gasteiger partial charge in [-0.15, -0.1) is 0 Å². The molecule has 1 spiro atoms. The first-order valence-electron chi connectivity index (χ1n) is 9.34. The molecule has 1 amide bonds. The molecule has 0 radical (unpaired) electrons. The fraction of sp³-hybridized carbons (Fsp3) is 0.650. The molecule has 0 aromatic heterocycles. The van der Waals surface area contributed by atoms with Crippen LogP contribution in [0, 0.1) is 5.41 Å². The molecule has 2 aliphatic rings. The molecule has 1 aromatic carbocycles. The molecule has 2 saturated heterocycles. The van der Waals surface area contributed by atoms with Gasteiger partial charge in [-0.05, 0) is 57.5 Å². The lowest BCUT2D eigenvalue weighted by atomic mass is 9.77. The minimum Gasteiger partial charge on any atom is -0.312 e. The molecular formula is C20H30N2O. The van der Waals surface area contributed by atoms with Crippen molar-refractivity contribution < 1.29 is 4.79 Å². The SMILES string of the molecule is CCCCCCN1CCC2(CC1)CCN(c1ccccc1)C2=O. The highest BCUT2D eigenvalue weighted by Gasteiger charge is 2.48. The van der Waals surface area contributed by atoms with Gasteiger partial charge in [0.25, 0.3) is 0 Å². The van der Waals surface area contributed by atoms with Crippen molar-refractivity contribution in [3.8, 4) is 0 Å². The predicted molar refractivity (Wildman–Crippen MR) is 95.7 cm³/mol. The van der Waals surface area contributed by atoms with Crippen LogP contribution in [-0.4, -0.2) is 37.0 Å². The Balaban J connectivity index is 1.53. The van der Waals surface area contributed by atoms with Gasteiger partial charge in [-0.2, -0.15) is 0 Å². The molecule has 0 bridgehead atoms. The molecule has 0 unspecified atom stereocenters. The predicted octanol–water partition coefficient (Wildman–Crippen LogP) is 4.09. The summed E-state index contributed by atoms with van der Waals surface area (Å²) in [7, 11) is 0. The van der Waals surface area contributed by atoms with E-state index in [1.165, 1.54) is 32.2 Å². The lowest BCUT2D eigenvalue weighted by Gasteiger charge is -2.38. The number of piperidine rings is 1. The highest BCUT2D eigenvalue weighted by Crippen LogP contribution is 2.43. The zero-order valence-electron chi connectivity index (χ0n) is 14.5. The number of hydrogen-bond acceptors (Lipinski definition) is 2. The van der Waals surface area contributed by atoms with Crippen LogP contribution in [-0.2, 0) is 4.79 Å². The minimum atomic E-state index is -0.0737. The number of rotatable bonds is 6. The Kier molecular flexibility index (Phi) is 5.37. The van der Waals surface area contributed by atoms with Crippen molar-refractivity contribution in [2.24, 2.45) is 5.41 Å². The average Bonchev–Trinajstić information content (AvgIpc) is 2.91. The van der Waals surface area contributed by atoms with E-state index < -0.39 is 0 Å². The molecule has 1 aromatic rings. The summed E-state index contributed by atoms with van der Waals surface area (Å²) in [6, 6.07) is 10.2. The molecule has 3 nitrogen and oxygen atoms in total. The number of anilines is 1. The Morgan fingerprint density at radius 1 is 0.957 bits per heavy atom. The Morgan fingerprint density at radius 3 is 2.35 bits per heavy atom. The molecule has 0 atom stereocenters. The Hall–Kier alpha value is -1.35. The third kappa shape index (κ3) is 3.60. The van der Waals surface area contributed by atoms with E-state index in [1.54, 1.807) is 0 Å². The summed E-state index contributed by atoms with van der Waals surface area (Å²) in [6.07, 6.45) is 8.43. The number of nitrogens with zero attached hydrogens (tertiary/aromatic N) is 2. The minimum absolute atomic E-state index is 0.0737. The van der Waals surface area contributed by atoms with Crippen LogP contribution in [0.25, 0.3) is 0 Å². The second-order valence-electron chi connectivity index (χ2n) is 7.22. The normalized spacial score (nSPS) is 21.3.